The summed E-state index contributed by atoms with van der Waals surface area (Å²) >= 11 is 0. The van der Waals surface area contributed by atoms with Crippen molar-refractivity contribution in [1.29, 1.82) is 0 Å². The second-order valence-corrected chi connectivity index (χ2v) is 6.18. The van der Waals surface area contributed by atoms with Crippen LogP contribution in [-0.4, -0.2) is 6.54 Å². The second-order valence-electron chi connectivity index (χ2n) is 6.18. The average Bonchev–Trinajstić information content (AvgIpc) is 2.72. The molecule has 0 amide bonds. The Morgan fingerprint density at radius 3 is 2.55 bits per heavy atom. The van der Waals surface area contributed by atoms with Crippen LogP contribution < -0.4 is 5.32 Å². The molecule has 1 saturated carbocycles. The molecule has 0 spiro atoms. The lowest BCUT2D eigenvalue weighted by atomic mass is 9.85. The fourth-order valence-corrected chi connectivity index (χ4v) is 3.42. The van der Waals surface area contributed by atoms with Gasteiger partial charge in [-0.2, -0.15) is 0 Å². The van der Waals surface area contributed by atoms with Gasteiger partial charge in [-0.15, -0.1) is 0 Å². The van der Waals surface area contributed by atoms with Gasteiger partial charge in [0.2, 0.25) is 0 Å². The van der Waals surface area contributed by atoms with Crippen LogP contribution in [0.3, 0.4) is 0 Å². The zero-order chi connectivity index (χ0) is 14.4. The Kier molecular flexibility index (Phi) is 6.03. The highest BCUT2D eigenvalue weighted by molar-refractivity contribution is 5.30. The molecule has 1 atom stereocenters. The van der Waals surface area contributed by atoms with Crippen LogP contribution in [0.25, 0.3) is 0 Å². The highest BCUT2D eigenvalue weighted by atomic mass is 19.1. The molecule has 2 rings (SSSR count). The molecule has 0 aliphatic heterocycles. The fraction of sp³-hybridized carbons (Fsp3) is 0.667. The molecule has 0 bridgehead atoms. The average molecular weight is 277 g/mol. The number of aryl methyl sites for hydroxylation is 1. The SMILES string of the molecule is CCCNC(c1cc(F)ccc1C)C1CCCCCC1. The van der Waals surface area contributed by atoms with Crippen LogP contribution in [0, 0.1) is 18.7 Å². The number of halogens is 1. The topological polar surface area (TPSA) is 12.0 Å². The molecule has 2 heteroatoms. The lowest BCUT2D eigenvalue weighted by Crippen LogP contribution is -2.29. The van der Waals surface area contributed by atoms with Gasteiger partial charge in [0.15, 0.2) is 0 Å². The molecule has 0 heterocycles. The standard InChI is InChI=1S/C18H28FN/c1-3-12-20-18(15-8-6-4-5-7-9-15)17-13-16(19)11-10-14(17)2/h10-11,13,15,18,20H,3-9,12H2,1-2H3. The molecule has 0 saturated heterocycles. The number of hydrogen-bond acceptors (Lipinski definition) is 1. The Morgan fingerprint density at radius 2 is 1.90 bits per heavy atom. The molecule has 112 valence electrons. The van der Waals surface area contributed by atoms with Crippen molar-refractivity contribution in [1.82, 2.24) is 5.32 Å². The van der Waals surface area contributed by atoms with Gasteiger partial charge in [-0.05, 0) is 61.9 Å². The van der Waals surface area contributed by atoms with E-state index in [1.807, 2.05) is 6.07 Å². The van der Waals surface area contributed by atoms with E-state index >= 15 is 0 Å². The summed E-state index contributed by atoms with van der Waals surface area (Å²) in [7, 11) is 0. The van der Waals surface area contributed by atoms with E-state index in [2.05, 4.69) is 19.2 Å². The maximum atomic E-state index is 13.6. The van der Waals surface area contributed by atoms with E-state index in [1.165, 1.54) is 49.7 Å². The third-order valence-electron chi connectivity index (χ3n) is 4.56. The van der Waals surface area contributed by atoms with Crippen LogP contribution in [0.1, 0.15) is 69.0 Å². The molecule has 1 nitrogen and oxygen atoms in total. The normalized spacial score (nSPS) is 18.8. The van der Waals surface area contributed by atoms with Crippen LogP contribution in [0.5, 0.6) is 0 Å². The molecular weight excluding hydrogens is 249 g/mol. The summed E-state index contributed by atoms with van der Waals surface area (Å²) in [5.74, 6) is 0.548. The minimum absolute atomic E-state index is 0.109. The number of nitrogens with one attached hydrogen (secondary N) is 1. The Bertz CT molecular complexity index is 408. The smallest absolute Gasteiger partial charge is 0.123 e. The largest absolute Gasteiger partial charge is 0.310 e. The highest BCUT2D eigenvalue weighted by Gasteiger charge is 2.25. The van der Waals surface area contributed by atoms with Gasteiger partial charge >= 0.3 is 0 Å². The summed E-state index contributed by atoms with van der Waals surface area (Å²) in [5.41, 5.74) is 2.38. The van der Waals surface area contributed by atoms with Crippen LogP contribution >= 0.6 is 0 Å². The summed E-state index contributed by atoms with van der Waals surface area (Å²) < 4.78 is 13.6. The predicted octanol–water partition coefficient (Wildman–Crippen LogP) is 5.15. The van der Waals surface area contributed by atoms with Crippen molar-refractivity contribution in [2.75, 3.05) is 6.54 Å². The Labute approximate surface area is 123 Å². The molecule has 1 N–H and O–H groups in total. The van der Waals surface area contributed by atoms with E-state index in [0.29, 0.717) is 12.0 Å². The van der Waals surface area contributed by atoms with Crippen molar-refractivity contribution in [3.05, 3.63) is 35.1 Å². The summed E-state index contributed by atoms with van der Waals surface area (Å²) in [6.07, 6.45) is 9.04. The van der Waals surface area contributed by atoms with Crippen LogP contribution in [0.15, 0.2) is 18.2 Å². The van der Waals surface area contributed by atoms with Gasteiger partial charge in [0.25, 0.3) is 0 Å². The zero-order valence-corrected chi connectivity index (χ0v) is 12.9. The summed E-state index contributed by atoms with van der Waals surface area (Å²) in [6.45, 7) is 5.30. The van der Waals surface area contributed by atoms with Crippen molar-refractivity contribution in [2.45, 2.75) is 64.8 Å². The second kappa shape index (κ2) is 7.78. The summed E-state index contributed by atoms with van der Waals surface area (Å²) in [5, 5.41) is 3.68. The minimum Gasteiger partial charge on any atom is -0.310 e. The first-order valence-corrected chi connectivity index (χ1v) is 8.21. The van der Waals surface area contributed by atoms with E-state index in [9.17, 15) is 4.39 Å². The first-order chi connectivity index (χ1) is 9.72. The van der Waals surface area contributed by atoms with Gasteiger partial charge < -0.3 is 5.32 Å². The highest BCUT2D eigenvalue weighted by Crippen LogP contribution is 2.35. The molecule has 1 aliphatic rings. The van der Waals surface area contributed by atoms with Gasteiger partial charge in [-0.25, -0.2) is 4.39 Å². The quantitative estimate of drug-likeness (QED) is 0.734. The molecule has 1 aromatic rings. The lowest BCUT2D eigenvalue weighted by Gasteiger charge is -2.29. The molecule has 0 radical (unpaired) electrons. The first kappa shape index (κ1) is 15.5. The molecule has 1 unspecified atom stereocenters. The maximum Gasteiger partial charge on any atom is 0.123 e. The first-order valence-electron chi connectivity index (χ1n) is 8.21. The van der Waals surface area contributed by atoms with Crippen molar-refractivity contribution >= 4 is 0 Å². The molecule has 1 fully saturated rings. The zero-order valence-electron chi connectivity index (χ0n) is 12.9. The summed E-state index contributed by atoms with van der Waals surface area (Å²) in [4.78, 5) is 0. The van der Waals surface area contributed by atoms with E-state index < -0.39 is 0 Å². The fourth-order valence-electron chi connectivity index (χ4n) is 3.42. The van der Waals surface area contributed by atoms with Crippen LogP contribution in [0.4, 0.5) is 4.39 Å². The van der Waals surface area contributed by atoms with Gasteiger partial charge in [-0.3, -0.25) is 0 Å². The monoisotopic (exact) mass is 277 g/mol. The van der Waals surface area contributed by atoms with Gasteiger partial charge in [-0.1, -0.05) is 38.7 Å². The van der Waals surface area contributed by atoms with E-state index in [-0.39, 0.29) is 5.82 Å². The van der Waals surface area contributed by atoms with Crippen molar-refractivity contribution in [3.63, 3.8) is 0 Å². The molecule has 1 aliphatic carbocycles. The number of hydrogen-bond donors (Lipinski definition) is 1. The summed E-state index contributed by atoms with van der Waals surface area (Å²) in [6, 6.07) is 5.56. The van der Waals surface area contributed by atoms with Gasteiger partial charge in [0, 0.05) is 6.04 Å². The molecule has 1 aromatic carbocycles. The van der Waals surface area contributed by atoms with Crippen LogP contribution in [-0.2, 0) is 0 Å². The lowest BCUT2D eigenvalue weighted by molar-refractivity contribution is 0.324. The van der Waals surface area contributed by atoms with Crippen molar-refractivity contribution in [2.24, 2.45) is 5.92 Å². The van der Waals surface area contributed by atoms with Gasteiger partial charge in [0.1, 0.15) is 5.82 Å². The molecule has 20 heavy (non-hydrogen) atoms. The maximum absolute atomic E-state index is 13.6. The van der Waals surface area contributed by atoms with Crippen molar-refractivity contribution < 1.29 is 4.39 Å². The third kappa shape index (κ3) is 4.05. The van der Waals surface area contributed by atoms with Crippen molar-refractivity contribution in [3.8, 4) is 0 Å². The molecular formula is C18H28FN. The van der Waals surface area contributed by atoms with Gasteiger partial charge in [0.05, 0.1) is 0 Å². The van der Waals surface area contributed by atoms with E-state index in [4.69, 9.17) is 0 Å². The molecule has 0 aromatic heterocycles. The minimum atomic E-state index is -0.109. The van der Waals surface area contributed by atoms with Crippen LogP contribution in [0.2, 0.25) is 0 Å². The Hall–Kier alpha value is -0.890. The number of benzene rings is 1. The van der Waals surface area contributed by atoms with E-state index in [0.717, 1.165) is 13.0 Å². The Balaban J connectivity index is 2.22. The predicted molar refractivity (Wildman–Crippen MR) is 83.4 cm³/mol. The number of rotatable bonds is 5. The van der Waals surface area contributed by atoms with E-state index in [1.54, 1.807) is 12.1 Å². The Morgan fingerprint density at radius 1 is 1.20 bits per heavy atom. The third-order valence-corrected chi connectivity index (χ3v) is 4.56.